The Kier molecular flexibility index (Phi) is 3.22. The molecule has 2 aromatic rings. The fourth-order valence-corrected chi connectivity index (χ4v) is 2.64. The summed E-state index contributed by atoms with van der Waals surface area (Å²) in [6.45, 7) is 1.01. The lowest BCUT2D eigenvalue weighted by atomic mass is 10.1. The van der Waals surface area contributed by atoms with Crippen LogP contribution in [0.4, 0.5) is 4.39 Å². The molecule has 0 bridgehead atoms. The minimum atomic E-state index is -0.405. The van der Waals surface area contributed by atoms with Gasteiger partial charge in [0.25, 0.3) is 5.91 Å². The number of hydrogen-bond donors (Lipinski definition) is 0. The summed E-state index contributed by atoms with van der Waals surface area (Å²) in [6.07, 6.45) is 0.664. The maximum Gasteiger partial charge on any atom is 0.254 e. The number of imidazole rings is 1. The molecule has 1 aliphatic heterocycles. The average molecular weight is 294 g/mol. The number of aromatic nitrogens is 2. The van der Waals surface area contributed by atoms with Crippen molar-refractivity contribution in [3.05, 3.63) is 52.3 Å². The molecule has 4 nitrogen and oxygen atoms in total. The molecule has 1 amide bonds. The van der Waals surface area contributed by atoms with Gasteiger partial charge in [0, 0.05) is 25.6 Å². The Morgan fingerprint density at radius 3 is 3.00 bits per heavy atom. The standard InChI is InChI=1S/C14H13ClFN3O/c1-18-12-8-19(6-5-11(12)17-14(18)15)13(20)9-3-2-4-10(16)7-9/h2-4,7H,5-6,8H2,1H3. The Morgan fingerprint density at radius 2 is 2.25 bits per heavy atom. The molecule has 0 N–H and O–H groups in total. The molecule has 0 fully saturated rings. The van der Waals surface area contributed by atoms with E-state index < -0.39 is 5.82 Å². The number of halogens is 2. The molecule has 0 radical (unpaired) electrons. The Morgan fingerprint density at radius 1 is 1.45 bits per heavy atom. The summed E-state index contributed by atoms with van der Waals surface area (Å²) in [4.78, 5) is 18.3. The maximum absolute atomic E-state index is 13.2. The number of amides is 1. The molecule has 2 heterocycles. The van der Waals surface area contributed by atoms with Crippen LogP contribution in [0.5, 0.6) is 0 Å². The van der Waals surface area contributed by atoms with Gasteiger partial charge in [-0.25, -0.2) is 9.37 Å². The van der Waals surface area contributed by atoms with Gasteiger partial charge in [-0.15, -0.1) is 0 Å². The molecular weight excluding hydrogens is 281 g/mol. The van der Waals surface area contributed by atoms with E-state index in [-0.39, 0.29) is 5.91 Å². The van der Waals surface area contributed by atoms with E-state index in [1.807, 2.05) is 7.05 Å². The van der Waals surface area contributed by atoms with Gasteiger partial charge in [0.2, 0.25) is 5.28 Å². The minimum Gasteiger partial charge on any atom is -0.332 e. The first-order chi connectivity index (χ1) is 9.56. The topological polar surface area (TPSA) is 38.1 Å². The molecule has 1 aliphatic rings. The highest BCUT2D eigenvalue weighted by molar-refractivity contribution is 6.28. The van der Waals surface area contributed by atoms with E-state index in [4.69, 9.17) is 11.6 Å². The van der Waals surface area contributed by atoms with Crippen molar-refractivity contribution in [2.45, 2.75) is 13.0 Å². The van der Waals surface area contributed by atoms with Crippen LogP contribution in [0, 0.1) is 5.82 Å². The molecule has 6 heteroatoms. The number of rotatable bonds is 1. The van der Waals surface area contributed by atoms with Gasteiger partial charge in [-0.3, -0.25) is 4.79 Å². The second-order valence-corrected chi connectivity index (χ2v) is 5.16. The lowest BCUT2D eigenvalue weighted by Crippen LogP contribution is -2.36. The Balaban J connectivity index is 1.86. The van der Waals surface area contributed by atoms with Crippen LogP contribution in [-0.4, -0.2) is 26.9 Å². The summed E-state index contributed by atoms with van der Waals surface area (Å²) in [5, 5.41) is 0.426. The zero-order valence-electron chi connectivity index (χ0n) is 10.9. The third-order valence-corrected chi connectivity index (χ3v) is 3.90. The summed E-state index contributed by atoms with van der Waals surface area (Å²) in [6, 6.07) is 5.75. The van der Waals surface area contributed by atoms with Crippen molar-refractivity contribution in [3.8, 4) is 0 Å². The van der Waals surface area contributed by atoms with Gasteiger partial charge in [0.05, 0.1) is 17.9 Å². The lowest BCUT2D eigenvalue weighted by molar-refractivity contribution is 0.0729. The summed E-state index contributed by atoms with van der Waals surface area (Å²) < 4.78 is 15.0. The summed E-state index contributed by atoms with van der Waals surface area (Å²) in [5.41, 5.74) is 2.23. The smallest absolute Gasteiger partial charge is 0.254 e. The van der Waals surface area contributed by atoms with E-state index in [2.05, 4.69) is 4.98 Å². The van der Waals surface area contributed by atoms with Crippen LogP contribution in [0.3, 0.4) is 0 Å². The molecule has 0 aliphatic carbocycles. The summed E-state index contributed by atoms with van der Waals surface area (Å²) in [7, 11) is 1.82. The van der Waals surface area contributed by atoms with Gasteiger partial charge < -0.3 is 9.47 Å². The largest absolute Gasteiger partial charge is 0.332 e. The first kappa shape index (κ1) is 13.1. The van der Waals surface area contributed by atoms with Gasteiger partial charge in [0.15, 0.2) is 0 Å². The molecule has 104 valence electrons. The van der Waals surface area contributed by atoms with Crippen LogP contribution in [0.1, 0.15) is 21.7 Å². The molecule has 1 aromatic carbocycles. The van der Waals surface area contributed by atoms with E-state index in [1.165, 1.54) is 12.1 Å². The zero-order valence-corrected chi connectivity index (χ0v) is 11.7. The predicted octanol–water partition coefficient (Wildman–Crippen LogP) is 2.41. The molecule has 0 atom stereocenters. The quantitative estimate of drug-likeness (QED) is 0.810. The Labute approximate surface area is 120 Å². The molecule has 0 saturated heterocycles. The van der Waals surface area contributed by atoms with Crippen LogP contribution in [0.2, 0.25) is 5.28 Å². The normalized spacial score (nSPS) is 14.2. The van der Waals surface area contributed by atoms with Crippen LogP contribution < -0.4 is 0 Å². The van der Waals surface area contributed by atoms with Crippen LogP contribution in [-0.2, 0) is 20.0 Å². The number of carbonyl (C=O) groups excluding carboxylic acids is 1. The second-order valence-electron chi connectivity index (χ2n) is 4.82. The lowest BCUT2D eigenvalue weighted by Gasteiger charge is -2.27. The number of hydrogen-bond acceptors (Lipinski definition) is 2. The number of fused-ring (bicyclic) bond motifs is 1. The summed E-state index contributed by atoms with van der Waals surface area (Å²) >= 11 is 5.98. The highest BCUT2D eigenvalue weighted by atomic mass is 35.5. The van der Waals surface area contributed by atoms with E-state index in [0.29, 0.717) is 30.4 Å². The highest BCUT2D eigenvalue weighted by Gasteiger charge is 2.26. The van der Waals surface area contributed by atoms with Crippen molar-refractivity contribution < 1.29 is 9.18 Å². The van der Waals surface area contributed by atoms with E-state index >= 15 is 0 Å². The van der Waals surface area contributed by atoms with E-state index in [1.54, 1.807) is 21.6 Å². The third kappa shape index (κ3) is 2.18. The van der Waals surface area contributed by atoms with Gasteiger partial charge in [0.1, 0.15) is 5.82 Å². The molecule has 3 rings (SSSR count). The second kappa shape index (κ2) is 4.90. The molecule has 0 spiro atoms. The maximum atomic E-state index is 13.2. The van der Waals surface area contributed by atoms with Crippen molar-refractivity contribution in [3.63, 3.8) is 0 Å². The van der Waals surface area contributed by atoms with Crippen molar-refractivity contribution in [2.24, 2.45) is 7.05 Å². The van der Waals surface area contributed by atoms with Gasteiger partial charge in [-0.2, -0.15) is 0 Å². The minimum absolute atomic E-state index is 0.174. The average Bonchev–Trinajstić information content (AvgIpc) is 2.73. The Bertz CT molecular complexity index is 683. The SMILES string of the molecule is Cn1c(Cl)nc2c1CN(C(=O)c1cccc(F)c1)CC2. The monoisotopic (exact) mass is 293 g/mol. The Hall–Kier alpha value is -1.88. The highest BCUT2D eigenvalue weighted by Crippen LogP contribution is 2.23. The number of carbonyl (C=O) groups is 1. The molecule has 20 heavy (non-hydrogen) atoms. The van der Waals surface area contributed by atoms with Crippen LogP contribution >= 0.6 is 11.6 Å². The van der Waals surface area contributed by atoms with Crippen LogP contribution in [0.15, 0.2) is 24.3 Å². The van der Waals surface area contributed by atoms with Crippen molar-refractivity contribution in [1.82, 2.24) is 14.5 Å². The van der Waals surface area contributed by atoms with Crippen molar-refractivity contribution in [1.29, 1.82) is 0 Å². The first-order valence-corrected chi connectivity index (χ1v) is 6.69. The fraction of sp³-hybridized carbons (Fsp3) is 0.286. The van der Waals surface area contributed by atoms with E-state index in [9.17, 15) is 9.18 Å². The predicted molar refractivity (Wildman–Crippen MR) is 73.1 cm³/mol. The van der Waals surface area contributed by atoms with Gasteiger partial charge >= 0.3 is 0 Å². The zero-order chi connectivity index (χ0) is 14.3. The van der Waals surface area contributed by atoms with Crippen molar-refractivity contribution in [2.75, 3.05) is 6.54 Å². The van der Waals surface area contributed by atoms with Gasteiger partial charge in [-0.1, -0.05) is 6.07 Å². The number of benzene rings is 1. The fourth-order valence-electron chi connectivity index (χ4n) is 2.43. The van der Waals surface area contributed by atoms with Crippen molar-refractivity contribution >= 4 is 17.5 Å². The molecule has 0 saturated carbocycles. The number of nitrogens with zero attached hydrogens (tertiary/aromatic N) is 3. The van der Waals surface area contributed by atoms with Crippen LogP contribution in [0.25, 0.3) is 0 Å². The molecular formula is C14H13ClFN3O. The first-order valence-electron chi connectivity index (χ1n) is 6.31. The molecule has 0 unspecified atom stereocenters. The van der Waals surface area contributed by atoms with Gasteiger partial charge in [-0.05, 0) is 29.8 Å². The van der Waals surface area contributed by atoms with E-state index in [0.717, 1.165) is 11.4 Å². The summed E-state index contributed by atoms with van der Waals surface area (Å²) in [5.74, 6) is -0.579. The third-order valence-electron chi connectivity index (χ3n) is 3.56. The molecule has 1 aromatic heterocycles.